The third-order valence-electron chi connectivity index (χ3n) is 4.06. The topological polar surface area (TPSA) is 63.6 Å². The van der Waals surface area contributed by atoms with E-state index in [9.17, 15) is 14.7 Å². The molecule has 2 fully saturated rings. The van der Waals surface area contributed by atoms with Crippen LogP contribution >= 0.6 is 0 Å². The minimum absolute atomic E-state index is 0.00865. The lowest BCUT2D eigenvalue weighted by molar-refractivity contribution is -0.166. The second-order valence-corrected chi connectivity index (χ2v) is 5.46. The Morgan fingerprint density at radius 2 is 1.78 bits per heavy atom. The number of carbonyl (C=O) groups is 2. The van der Waals surface area contributed by atoms with E-state index in [1.165, 1.54) is 6.42 Å². The van der Waals surface area contributed by atoms with Crippen LogP contribution < -0.4 is 0 Å². The first-order valence-electron chi connectivity index (χ1n) is 7.10. The fraction of sp³-hybridized carbons (Fsp3) is 0.857. The van der Waals surface area contributed by atoms with Crippen molar-refractivity contribution in [2.75, 3.05) is 0 Å². The lowest BCUT2D eigenvalue weighted by Gasteiger charge is -2.27. The summed E-state index contributed by atoms with van der Waals surface area (Å²) in [6.07, 6.45) is 6.69. The van der Waals surface area contributed by atoms with Gasteiger partial charge < -0.3 is 9.84 Å². The van der Waals surface area contributed by atoms with E-state index in [1.54, 1.807) is 0 Å². The van der Waals surface area contributed by atoms with Crippen molar-refractivity contribution in [2.24, 2.45) is 5.92 Å². The summed E-state index contributed by atoms with van der Waals surface area (Å²) in [7, 11) is 0. The molecule has 0 aromatic carbocycles. The van der Waals surface area contributed by atoms with E-state index in [-0.39, 0.29) is 11.9 Å². The average molecular weight is 254 g/mol. The zero-order chi connectivity index (χ0) is 13.0. The van der Waals surface area contributed by atoms with Crippen molar-refractivity contribution in [3.05, 3.63) is 0 Å². The molecule has 0 amide bonds. The number of ether oxygens (including phenoxy) is 1. The highest BCUT2D eigenvalue weighted by Gasteiger charge is 2.35. The largest absolute Gasteiger partial charge is 0.460 e. The van der Waals surface area contributed by atoms with Gasteiger partial charge in [0.05, 0.1) is 5.92 Å². The van der Waals surface area contributed by atoms with Crippen LogP contribution in [0.2, 0.25) is 0 Å². The predicted octanol–water partition coefficient (Wildman–Crippen LogP) is 1.98. The van der Waals surface area contributed by atoms with Crippen molar-refractivity contribution in [1.82, 2.24) is 0 Å². The highest BCUT2D eigenvalue weighted by atomic mass is 16.6. The summed E-state index contributed by atoms with van der Waals surface area (Å²) in [5, 5.41) is 9.95. The van der Waals surface area contributed by atoms with Gasteiger partial charge in [-0.05, 0) is 38.5 Å². The average Bonchev–Trinajstić information content (AvgIpc) is 2.39. The number of aliphatic hydroxyl groups excluding tert-OH is 1. The first kappa shape index (κ1) is 13.5. The smallest absolute Gasteiger partial charge is 0.335 e. The van der Waals surface area contributed by atoms with Crippen molar-refractivity contribution in [1.29, 1.82) is 0 Å². The van der Waals surface area contributed by atoms with Crippen molar-refractivity contribution in [2.45, 2.75) is 70.0 Å². The Morgan fingerprint density at radius 3 is 2.44 bits per heavy atom. The normalized spacial score (nSPS) is 27.8. The minimum atomic E-state index is -1.25. The van der Waals surface area contributed by atoms with Crippen molar-refractivity contribution in [3.8, 4) is 0 Å². The van der Waals surface area contributed by atoms with E-state index < -0.39 is 18.0 Å². The Kier molecular flexibility index (Phi) is 4.75. The third kappa shape index (κ3) is 3.31. The molecule has 0 bridgehead atoms. The quantitative estimate of drug-likeness (QED) is 0.782. The summed E-state index contributed by atoms with van der Waals surface area (Å²) >= 11 is 0. The molecular formula is C14H22O4. The van der Waals surface area contributed by atoms with Gasteiger partial charge in [0.1, 0.15) is 11.9 Å². The molecule has 2 atom stereocenters. The Morgan fingerprint density at radius 1 is 1.11 bits per heavy atom. The van der Waals surface area contributed by atoms with Crippen LogP contribution in [0.1, 0.15) is 57.8 Å². The second kappa shape index (κ2) is 6.32. The Labute approximate surface area is 108 Å². The molecule has 0 saturated heterocycles. The molecule has 2 aliphatic rings. The number of esters is 1. The van der Waals surface area contributed by atoms with Crippen LogP contribution in [0.3, 0.4) is 0 Å². The third-order valence-corrected chi connectivity index (χ3v) is 4.06. The SMILES string of the molecule is O=C(OC1CCCCC1)C(O)C1CCCCC1=O. The molecule has 0 aliphatic heterocycles. The molecule has 18 heavy (non-hydrogen) atoms. The summed E-state index contributed by atoms with van der Waals surface area (Å²) in [6.45, 7) is 0. The summed E-state index contributed by atoms with van der Waals surface area (Å²) < 4.78 is 5.31. The van der Waals surface area contributed by atoms with Gasteiger partial charge in [0.25, 0.3) is 0 Å². The van der Waals surface area contributed by atoms with E-state index in [4.69, 9.17) is 4.74 Å². The molecule has 4 heteroatoms. The molecule has 0 aromatic rings. The van der Waals surface area contributed by atoms with Gasteiger partial charge in [-0.25, -0.2) is 4.79 Å². The molecular weight excluding hydrogens is 232 g/mol. The first-order valence-corrected chi connectivity index (χ1v) is 7.10. The molecule has 1 N–H and O–H groups in total. The highest BCUT2D eigenvalue weighted by molar-refractivity contribution is 5.88. The monoisotopic (exact) mass is 254 g/mol. The van der Waals surface area contributed by atoms with Gasteiger partial charge in [0.15, 0.2) is 6.10 Å². The molecule has 102 valence electrons. The standard InChI is InChI=1S/C14H22O4/c15-12-9-5-4-8-11(12)13(16)14(17)18-10-6-2-1-3-7-10/h10-11,13,16H,1-9H2. The van der Waals surface area contributed by atoms with Crippen LogP contribution in [0.15, 0.2) is 0 Å². The lowest BCUT2D eigenvalue weighted by Crippen LogP contribution is -2.39. The Bertz CT molecular complexity index is 307. The number of aliphatic hydroxyl groups is 1. The van der Waals surface area contributed by atoms with Gasteiger partial charge in [0.2, 0.25) is 0 Å². The summed E-state index contributed by atoms with van der Waals surface area (Å²) in [5.41, 5.74) is 0. The molecule has 0 radical (unpaired) electrons. The van der Waals surface area contributed by atoms with E-state index in [2.05, 4.69) is 0 Å². The molecule has 2 unspecified atom stereocenters. The van der Waals surface area contributed by atoms with Crippen molar-refractivity contribution >= 4 is 11.8 Å². The summed E-state index contributed by atoms with van der Waals surface area (Å²) in [5.74, 6) is -1.12. The number of hydrogen-bond acceptors (Lipinski definition) is 4. The maximum Gasteiger partial charge on any atom is 0.335 e. The van der Waals surface area contributed by atoms with Crippen LogP contribution in [-0.4, -0.2) is 29.1 Å². The number of Topliss-reactive ketones (excluding diaryl/α,β-unsaturated/α-hetero) is 1. The van der Waals surface area contributed by atoms with Crippen LogP contribution in [-0.2, 0) is 14.3 Å². The lowest BCUT2D eigenvalue weighted by atomic mass is 9.84. The van der Waals surface area contributed by atoms with Crippen LogP contribution in [0.4, 0.5) is 0 Å². The molecule has 4 nitrogen and oxygen atoms in total. The van der Waals surface area contributed by atoms with Gasteiger partial charge in [-0.1, -0.05) is 12.8 Å². The van der Waals surface area contributed by atoms with E-state index >= 15 is 0 Å². The second-order valence-electron chi connectivity index (χ2n) is 5.46. The molecule has 0 aromatic heterocycles. The van der Waals surface area contributed by atoms with Crippen LogP contribution in [0.25, 0.3) is 0 Å². The number of rotatable bonds is 3. The van der Waals surface area contributed by atoms with Gasteiger partial charge in [-0.3, -0.25) is 4.79 Å². The van der Waals surface area contributed by atoms with Gasteiger partial charge in [-0.15, -0.1) is 0 Å². The van der Waals surface area contributed by atoms with E-state index in [0.29, 0.717) is 12.8 Å². The Hall–Kier alpha value is -0.900. The Balaban J connectivity index is 1.85. The molecule has 2 saturated carbocycles. The number of hydrogen-bond donors (Lipinski definition) is 1. The van der Waals surface area contributed by atoms with E-state index in [0.717, 1.165) is 38.5 Å². The van der Waals surface area contributed by atoms with Gasteiger partial charge in [-0.2, -0.15) is 0 Å². The summed E-state index contributed by atoms with van der Waals surface area (Å²) in [6, 6.07) is 0. The van der Waals surface area contributed by atoms with Crippen molar-refractivity contribution < 1.29 is 19.4 Å². The minimum Gasteiger partial charge on any atom is -0.460 e. The fourth-order valence-corrected chi connectivity index (χ4v) is 2.93. The van der Waals surface area contributed by atoms with Crippen LogP contribution in [0, 0.1) is 5.92 Å². The van der Waals surface area contributed by atoms with Crippen molar-refractivity contribution in [3.63, 3.8) is 0 Å². The highest BCUT2D eigenvalue weighted by Crippen LogP contribution is 2.26. The predicted molar refractivity (Wildman–Crippen MR) is 65.9 cm³/mol. The number of carbonyl (C=O) groups excluding carboxylic acids is 2. The molecule has 0 spiro atoms. The molecule has 2 aliphatic carbocycles. The molecule has 0 heterocycles. The first-order chi connectivity index (χ1) is 8.68. The summed E-state index contributed by atoms with van der Waals surface area (Å²) in [4.78, 5) is 23.5. The van der Waals surface area contributed by atoms with Gasteiger partial charge >= 0.3 is 5.97 Å². The maximum atomic E-state index is 11.8. The zero-order valence-electron chi connectivity index (χ0n) is 10.8. The zero-order valence-corrected chi connectivity index (χ0v) is 10.8. The molecule has 2 rings (SSSR count). The van der Waals surface area contributed by atoms with Gasteiger partial charge in [0, 0.05) is 6.42 Å². The maximum absolute atomic E-state index is 11.8. The van der Waals surface area contributed by atoms with E-state index in [1.807, 2.05) is 0 Å². The fourth-order valence-electron chi connectivity index (χ4n) is 2.93. The van der Waals surface area contributed by atoms with Crippen LogP contribution in [0.5, 0.6) is 0 Å². The number of ketones is 1.